The summed E-state index contributed by atoms with van der Waals surface area (Å²) in [6.07, 6.45) is 4.74. The summed E-state index contributed by atoms with van der Waals surface area (Å²) < 4.78 is 28.8. The van der Waals surface area contributed by atoms with Crippen molar-refractivity contribution in [3.63, 3.8) is 0 Å². The lowest BCUT2D eigenvalue weighted by Crippen LogP contribution is -2.13. The monoisotopic (exact) mass is 404 g/mol. The van der Waals surface area contributed by atoms with Gasteiger partial charge in [-0.1, -0.05) is 6.92 Å². The first-order valence-electron chi connectivity index (χ1n) is 8.60. The van der Waals surface area contributed by atoms with Crippen LogP contribution in [0.5, 0.6) is 5.75 Å². The average molecular weight is 405 g/mol. The number of primary sulfonamides is 1. The smallest absolute Gasteiger partial charge is 0.241 e. The van der Waals surface area contributed by atoms with Crippen LogP contribution in [0.15, 0.2) is 29.4 Å². The number of aryl methyl sites for hydroxylation is 1. The van der Waals surface area contributed by atoms with Crippen molar-refractivity contribution in [1.29, 1.82) is 0 Å². The highest BCUT2D eigenvalue weighted by Gasteiger charge is 2.23. The minimum Gasteiger partial charge on any atom is -0.495 e. The molecule has 1 aromatic carbocycles. The Morgan fingerprint density at radius 3 is 2.89 bits per heavy atom. The number of thiophene rings is 1. The fourth-order valence-electron chi connectivity index (χ4n) is 3.48. The third-order valence-electron chi connectivity index (χ3n) is 4.82. The molecule has 0 unspecified atom stereocenters. The number of nitrogens with zero attached hydrogens (tertiary/aromatic N) is 2. The van der Waals surface area contributed by atoms with Crippen LogP contribution in [-0.4, -0.2) is 25.5 Å². The van der Waals surface area contributed by atoms with Crippen molar-refractivity contribution in [2.45, 2.75) is 31.1 Å². The summed E-state index contributed by atoms with van der Waals surface area (Å²) in [5.74, 6) is 1.56. The molecule has 0 amide bonds. The second kappa shape index (κ2) is 6.74. The van der Waals surface area contributed by atoms with E-state index >= 15 is 0 Å². The topological polar surface area (TPSA) is 107 Å². The van der Waals surface area contributed by atoms with Gasteiger partial charge in [0, 0.05) is 10.6 Å². The Labute approximate surface area is 161 Å². The molecule has 9 heteroatoms. The van der Waals surface area contributed by atoms with E-state index in [1.807, 2.05) is 0 Å². The molecule has 3 aromatic rings. The molecule has 142 valence electrons. The molecule has 0 bridgehead atoms. The zero-order chi connectivity index (χ0) is 19.2. The van der Waals surface area contributed by atoms with Crippen LogP contribution in [0.4, 0.5) is 11.5 Å². The van der Waals surface area contributed by atoms with E-state index in [2.05, 4.69) is 22.2 Å². The summed E-state index contributed by atoms with van der Waals surface area (Å²) in [7, 11) is -2.50. The van der Waals surface area contributed by atoms with Gasteiger partial charge in [0.1, 0.15) is 27.6 Å². The van der Waals surface area contributed by atoms with E-state index in [4.69, 9.17) is 9.88 Å². The highest BCUT2D eigenvalue weighted by molar-refractivity contribution is 7.89. The molecule has 2 heterocycles. The quantitative estimate of drug-likeness (QED) is 0.691. The number of hydrogen-bond donors (Lipinski definition) is 2. The molecule has 1 aliphatic carbocycles. The van der Waals surface area contributed by atoms with Crippen molar-refractivity contribution < 1.29 is 13.2 Å². The lowest BCUT2D eigenvalue weighted by Gasteiger charge is -2.18. The molecule has 0 radical (unpaired) electrons. The van der Waals surface area contributed by atoms with E-state index in [0.29, 0.717) is 17.4 Å². The fourth-order valence-corrected chi connectivity index (χ4v) is 5.56. The van der Waals surface area contributed by atoms with Crippen molar-refractivity contribution in [3.8, 4) is 5.75 Å². The predicted octanol–water partition coefficient (Wildman–Crippen LogP) is 3.22. The highest BCUT2D eigenvalue weighted by Crippen LogP contribution is 2.40. The predicted molar refractivity (Wildman–Crippen MR) is 106 cm³/mol. The van der Waals surface area contributed by atoms with E-state index in [1.165, 1.54) is 29.9 Å². The van der Waals surface area contributed by atoms with Crippen LogP contribution < -0.4 is 15.2 Å². The van der Waals surface area contributed by atoms with E-state index in [0.717, 1.165) is 29.5 Å². The second-order valence-corrected chi connectivity index (χ2v) is 9.40. The molecule has 0 saturated heterocycles. The van der Waals surface area contributed by atoms with E-state index in [1.54, 1.807) is 23.5 Å². The van der Waals surface area contributed by atoms with Crippen molar-refractivity contribution in [2.24, 2.45) is 11.1 Å². The van der Waals surface area contributed by atoms with Crippen LogP contribution in [0, 0.1) is 5.92 Å². The number of nitrogens with one attached hydrogen (secondary N) is 1. The summed E-state index contributed by atoms with van der Waals surface area (Å²) >= 11 is 1.71. The van der Waals surface area contributed by atoms with Gasteiger partial charge in [-0.05, 0) is 48.9 Å². The normalized spacial score (nSPS) is 16.9. The molecule has 0 fully saturated rings. The Morgan fingerprint density at radius 2 is 2.15 bits per heavy atom. The van der Waals surface area contributed by atoms with Gasteiger partial charge in [0.05, 0.1) is 12.5 Å². The van der Waals surface area contributed by atoms with Gasteiger partial charge in [-0.2, -0.15) is 0 Å². The molecule has 1 atom stereocenters. The van der Waals surface area contributed by atoms with Gasteiger partial charge in [0.15, 0.2) is 0 Å². The Bertz CT molecular complexity index is 1130. The van der Waals surface area contributed by atoms with Crippen LogP contribution in [0.25, 0.3) is 10.2 Å². The molecule has 2 aromatic heterocycles. The summed E-state index contributed by atoms with van der Waals surface area (Å²) in [5.41, 5.74) is 1.88. The molecule has 3 N–H and O–H groups in total. The maximum absolute atomic E-state index is 11.9. The summed E-state index contributed by atoms with van der Waals surface area (Å²) in [6.45, 7) is 2.27. The van der Waals surface area contributed by atoms with Crippen LogP contribution in [0.3, 0.4) is 0 Å². The zero-order valence-electron chi connectivity index (χ0n) is 15.0. The third kappa shape index (κ3) is 3.38. The standard InChI is InChI=1S/C18H20N4O3S2/c1-10-3-5-12-14(7-10)26-18-16(12)17(20-9-21-18)22-11-4-6-13(25-2)15(8-11)27(19,23)24/h4,6,8-10H,3,5,7H2,1-2H3,(H2,19,23,24)(H,20,21,22)/t10-/m1/s1. The molecule has 1 aliphatic rings. The maximum Gasteiger partial charge on any atom is 0.241 e. The average Bonchev–Trinajstić information content (AvgIpc) is 2.99. The Morgan fingerprint density at radius 1 is 1.33 bits per heavy atom. The summed E-state index contributed by atoms with van der Waals surface area (Å²) in [6, 6.07) is 4.77. The van der Waals surface area contributed by atoms with E-state index in [-0.39, 0.29) is 10.6 Å². The lowest BCUT2D eigenvalue weighted by molar-refractivity contribution is 0.403. The van der Waals surface area contributed by atoms with Gasteiger partial charge in [-0.15, -0.1) is 11.3 Å². The first-order chi connectivity index (χ1) is 12.9. The van der Waals surface area contributed by atoms with Crippen LogP contribution >= 0.6 is 11.3 Å². The molecule has 0 aliphatic heterocycles. The van der Waals surface area contributed by atoms with Crippen LogP contribution in [-0.2, 0) is 22.9 Å². The maximum atomic E-state index is 11.9. The number of fused-ring (bicyclic) bond motifs is 3. The molecular formula is C18H20N4O3S2. The minimum absolute atomic E-state index is 0.0681. The van der Waals surface area contributed by atoms with Gasteiger partial charge in [-0.25, -0.2) is 23.5 Å². The molecule has 4 rings (SSSR count). The van der Waals surface area contributed by atoms with Crippen LogP contribution in [0.2, 0.25) is 0 Å². The summed E-state index contributed by atoms with van der Waals surface area (Å²) in [5, 5.41) is 9.58. The van der Waals surface area contributed by atoms with E-state index < -0.39 is 10.0 Å². The van der Waals surface area contributed by atoms with Crippen molar-refractivity contribution in [2.75, 3.05) is 12.4 Å². The number of ether oxygens (including phenoxy) is 1. The van der Waals surface area contributed by atoms with Gasteiger partial charge in [-0.3, -0.25) is 0 Å². The Hall–Kier alpha value is -2.23. The number of benzene rings is 1. The number of anilines is 2. The first-order valence-corrected chi connectivity index (χ1v) is 11.0. The van der Waals surface area contributed by atoms with Crippen molar-refractivity contribution in [3.05, 3.63) is 35.0 Å². The third-order valence-corrected chi connectivity index (χ3v) is 6.92. The van der Waals surface area contributed by atoms with E-state index in [9.17, 15) is 8.42 Å². The fraction of sp³-hybridized carbons (Fsp3) is 0.333. The first kappa shape index (κ1) is 18.1. The van der Waals surface area contributed by atoms with Crippen molar-refractivity contribution >= 4 is 43.1 Å². The molecule has 7 nitrogen and oxygen atoms in total. The number of hydrogen-bond acceptors (Lipinski definition) is 7. The van der Waals surface area contributed by atoms with Gasteiger partial charge < -0.3 is 10.1 Å². The molecular weight excluding hydrogens is 384 g/mol. The summed E-state index contributed by atoms with van der Waals surface area (Å²) in [4.78, 5) is 11.1. The zero-order valence-corrected chi connectivity index (χ0v) is 16.7. The minimum atomic E-state index is -3.91. The largest absolute Gasteiger partial charge is 0.495 e. The van der Waals surface area contributed by atoms with Gasteiger partial charge in [0.2, 0.25) is 10.0 Å². The highest BCUT2D eigenvalue weighted by atomic mass is 32.2. The van der Waals surface area contributed by atoms with Crippen LogP contribution in [0.1, 0.15) is 23.8 Å². The second-order valence-electron chi connectivity index (χ2n) is 6.79. The number of nitrogens with two attached hydrogens (primary N) is 1. The molecule has 0 spiro atoms. The lowest BCUT2D eigenvalue weighted by atomic mass is 9.89. The number of sulfonamides is 1. The Balaban J connectivity index is 1.79. The van der Waals surface area contributed by atoms with Gasteiger partial charge in [0.25, 0.3) is 0 Å². The molecule has 27 heavy (non-hydrogen) atoms. The number of aromatic nitrogens is 2. The molecule has 0 saturated carbocycles. The SMILES string of the molecule is COc1ccc(Nc2ncnc3sc4c(c23)CC[C@@H](C)C4)cc1S(N)(=O)=O. The Kier molecular flexibility index (Phi) is 4.53. The number of methoxy groups -OCH3 is 1. The number of rotatable bonds is 4. The van der Waals surface area contributed by atoms with Gasteiger partial charge >= 0.3 is 0 Å². The van der Waals surface area contributed by atoms with Crippen molar-refractivity contribution in [1.82, 2.24) is 9.97 Å².